The molecule has 0 saturated heterocycles. The van der Waals surface area contributed by atoms with Gasteiger partial charge in [-0.3, -0.25) is 10.1 Å². The van der Waals surface area contributed by atoms with Crippen molar-refractivity contribution >= 4 is 11.6 Å². The lowest BCUT2D eigenvalue weighted by Crippen LogP contribution is -2.37. The zero-order valence-corrected chi connectivity index (χ0v) is 16.2. The number of nitrogens with one attached hydrogen (secondary N) is 2. The lowest BCUT2D eigenvalue weighted by atomic mass is 10.2. The van der Waals surface area contributed by atoms with Gasteiger partial charge in [0, 0.05) is 38.9 Å². The Morgan fingerprint density at radius 3 is 2.57 bits per heavy atom. The van der Waals surface area contributed by atoms with Crippen LogP contribution in [0.5, 0.6) is 5.75 Å². The van der Waals surface area contributed by atoms with Crippen LogP contribution in [0.25, 0.3) is 0 Å². The molecule has 0 aromatic heterocycles. The third kappa shape index (κ3) is 7.24. The molecule has 8 heteroatoms. The Kier molecular flexibility index (Phi) is 8.74. The zero-order valence-electron chi connectivity index (χ0n) is 16.2. The summed E-state index contributed by atoms with van der Waals surface area (Å²) in [6.07, 6.45) is 0.855. The van der Waals surface area contributed by atoms with Gasteiger partial charge in [-0.25, -0.2) is 4.99 Å². The number of nitrogens with zero attached hydrogens (tertiary/aromatic N) is 2. The van der Waals surface area contributed by atoms with Gasteiger partial charge in [0.2, 0.25) is 0 Å². The first kappa shape index (κ1) is 21.2. The van der Waals surface area contributed by atoms with Crippen LogP contribution >= 0.6 is 0 Å². The van der Waals surface area contributed by atoms with Gasteiger partial charge in [0.15, 0.2) is 5.96 Å². The van der Waals surface area contributed by atoms with E-state index in [-0.39, 0.29) is 5.69 Å². The highest BCUT2D eigenvalue weighted by Crippen LogP contribution is 2.13. The van der Waals surface area contributed by atoms with Crippen LogP contribution in [0.15, 0.2) is 53.5 Å². The van der Waals surface area contributed by atoms with E-state index >= 15 is 0 Å². The molecule has 8 nitrogen and oxygen atoms in total. The maximum atomic E-state index is 10.8. The van der Waals surface area contributed by atoms with Crippen molar-refractivity contribution in [1.82, 2.24) is 10.6 Å². The van der Waals surface area contributed by atoms with Gasteiger partial charge in [-0.15, -0.1) is 0 Å². The van der Waals surface area contributed by atoms with Crippen molar-refractivity contribution in [3.05, 3.63) is 69.8 Å². The van der Waals surface area contributed by atoms with Crippen LogP contribution < -0.4 is 15.4 Å². The van der Waals surface area contributed by atoms with Crippen molar-refractivity contribution in [2.24, 2.45) is 4.99 Å². The first-order valence-corrected chi connectivity index (χ1v) is 8.99. The molecule has 2 N–H and O–H groups in total. The van der Waals surface area contributed by atoms with Gasteiger partial charge in [0.05, 0.1) is 18.6 Å². The maximum Gasteiger partial charge on any atom is 0.269 e. The second-order valence-electron chi connectivity index (χ2n) is 6.07. The molecule has 0 bridgehead atoms. The van der Waals surface area contributed by atoms with Crippen LogP contribution in [0.3, 0.4) is 0 Å². The van der Waals surface area contributed by atoms with E-state index in [1.807, 2.05) is 24.3 Å². The second-order valence-corrected chi connectivity index (χ2v) is 6.07. The fourth-order valence-corrected chi connectivity index (χ4v) is 2.46. The molecule has 2 rings (SSSR count). The number of nitro groups is 1. The fourth-order valence-electron chi connectivity index (χ4n) is 2.46. The third-order valence-corrected chi connectivity index (χ3v) is 3.98. The van der Waals surface area contributed by atoms with E-state index in [2.05, 4.69) is 15.6 Å². The SMILES string of the molecule is COCCCNC(=NCc1cccc(OC)c1)NCc1ccc([N+](=O)[O-])cc1. The number of hydrogen-bond acceptors (Lipinski definition) is 5. The number of benzene rings is 2. The van der Waals surface area contributed by atoms with Crippen LogP contribution in [0, 0.1) is 10.1 Å². The second kappa shape index (κ2) is 11.6. The summed E-state index contributed by atoms with van der Waals surface area (Å²) in [5.41, 5.74) is 2.04. The van der Waals surface area contributed by atoms with Crippen molar-refractivity contribution in [2.75, 3.05) is 27.4 Å². The van der Waals surface area contributed by atoms with Gasteiger partial charge in [-0.05, 0) is 29.7 Å². The molecule has 2 aromatic rings. The van der Waals surface area contributed by atoms with E-state index in [9.17, 15) is 10.1 Å². The molecular formula is C20H26N4O4. The van der Waals surface area contributed by atoms with Gasteiger partial charge >= 0.3 is 0 Å². The lowest BCUT2D eigenvalue weighted by Gasteiger charge is -2.13. The van der Waals surface area contributed by atoms with Crippen LogP contribution in [-0.4, -0.2) is 38.3 Å². The molecule has 0 unspecified atom stereocenters. The molecule has 0 aliphatic heterocycles. The smallest absolute Gasteiger partial charge is 0.269 e. The Morgan fingerprint density at radius 1 is 1.11 bits per heavy atom. The minimum absolute atomic E-state index is 0.0772. The van der Waals surface area contributed by atoms with Crippen molar-refractivity contribution in [2.45, 2.75) is 19.5 Å². The average molecular weight is 386 g/mol. The van der Waals surface area contributed by atoms with Gasteiger partial charge in [-0.2, -0.15) is 0 Å². The van der Waals surface area contributed by atoms with E-state index in [1.54, 1.807) is 26.4 Å². The number of methoxy groups -OCH3 is 2. The van der Waals surface area contributed by atoms with Crippen LogP contribution in [0.2, 0.25) is 0 Å². The Balaban J connectivity index is 1.99. The van der Waals surface area contributed by atoms with Gasteiger partial charge in [0.1, 0.15) is 5.75 Å². The molecule has 150 valence electrons. The lowest BCUT2D eigenvalue weighted by molar-refractivity contribution is -0.384. The highest BCUT2D eigenvalue weighted by Gasteiger charge is 2.05. The molecule has 0 amide bonds. The summed E-state index contributed by atoms with van der Waals surface area (Å²) < 4.78 is 10.3. The Hall–Kier alpha value is -3.13. The molecule has 2 aromatic carbocycles. The molecule has 0 aliphatic rings. The van der Waals surface area contributed by atoms with Gasteiger partial charge < -0.3 is 20.1 Å². The third-order valence-electron chi connectivity index (χ3n) is 3.98. The van der Waals surface area contributed by atoms with E-state index < -0.39 is 4.92 Å². The summed E-state index contributed by atoms with van der Waals surface area (Å²) in [6, 6.07) is 14.2. The van der Waals surface area contributed by atoms with E-state index in [1.165, 1.54) is 12.1 Å². The quantitative estimate of drug-likeness (QED) is 0.214. The van der Waals surface area contributed by atoms with Crippen LogP contribution in [-0.2, 0) is 17.8 Å². The molecule has 0 atom stereocenters. The number of aliphatic imine (C=N–C) groups is 1. The molecule has 28 heavy (non-hydrogen) atoms. The Bertz CT molecular complexity index is 778. The van der Waals surface area contributed by atoms with Gasteiger partial charge in [0.25, 0.3) is 5.69 Å². The minimum Gasteiger partial charge on any atom is -0.497 e. The number of rotatable bonds is 10. The fraction of sp³-hybridized carbons (Fsp3) is 0.350. The number of hydrogen-bond donors (Lipinski definition) is 2. The number of ether oxygens (including phenoxy) is 2. The molecule has 0 fully saturated rings. The maximum absolute atomic E-state index is 10.8. The largest absolute Gasteiger partial charge is 0.497 e. The van der Waals surface area contributed by atoms with Crippen molar-refractivity contribution in [1.29, 1.82) is 0 Å². The highest BCUT2D eigenvalue weighted by molar-refractivity contribution is 5.79. The minimum atomic E-state index is -0.407. The molecule has 0 aliphatic carbocycles. The van der Waals surface area contributed by atoms with Crippen LogP contribution in [0.1, 0.15) is 17.5 Å². The zero-order chi connectivity index (χ0) is 20.2. The van der Waals surface area contributed by atoms with E-state index in [0.717, 1.165) is 29.8 Å². The Morgan fingerprint density at radius 2 is 1.89 bits per heavy atom. The predicted octanol–water partition coefficient (Wildman–Crippen LogP) is 2.88. The monoisotopic (exact) mass is 386 g/mol. The predicted molar refractivity (Wildman–Crippen MR) is 109 cm³/mol. The molecular weight excluding hydrogens is 360 g/mol. The molecule has 0 heterocycles. The summed E-state index contributed by atoms with van der Waals surface area (Å²) in [6.45, 7) is 2.39. The summed E-state index contributed by atoms with van der Waals surface area (Å²) in [7, 11) is 3.31. The average Bonchev–Trinajstić information content (AvgIpc) is 2.73. The summed E-state index contributed by atoms with van der Waals surface area (Å²) in [5, 5.41) is 17.3. The topological polar surface area (TPSA) is 98.0 Å². The first-order chi connectivity index (χ1) is 13.6. The Labute approximate surface area is 164 Å². The van der Waals surface area contributed by atoms with E-state index in [4.69, 9.17) is 9.47 Å². The van der Waals surface area contributed by atoms with Crippen LogP contribution in [0.4, 0.5) is 5.69 Å². The molecule has 0 spiro atoms. The van der Waals surface area contributed by atoms with Crippen molar-refractivity contribution < 1.29 is 14.4 Å². The van der Waals surface area contributed by atoms with Gasteiger partial charge in [-0.1, -0.05) is 24.3 Å². The van der Waals surface area contributed by atoms with Crippen molar-refractivity contribution in [3.63, 3.8) is 0 Å². The van der Waals surface area contributed by atoms with Crippen molar-refractivity contribution in [3.8, 4) is 5.75 Å². The first-order valence-electron chi connectivity index (χ1n) is 8.99. The van der Waals surface area contributed by atoms with E-state index in [0.29, 0.717) is 25.7 Å². The number of nitro benzene ring substituents is 1. The normalized spacial score (nSPS) is 11.1. The summed E-state index contributed by atoms with van der Waals surface area (Å²) in [5.74, 6) is 1.46. The number of non-ortho nitro benzene ring substituents is 1. The molecule has 0 radical (unpaired) electrons. The standard InChI is InChI=1S/C20H26N4O4/c1-27-12-4-11-21-20(23-15-17-5-3-6-19(13-17)28-2)22-14-16-7-9-18(10-8-16)24(25)26/h3,5-10,13H,4,11-12,14-15H2,1-2H3,(H2,21,22,23). The summed E-state index contributed by atoms with van der Waals surface area (Å²) >= 11 is 0. The highest BCUT2D eigenvalue weighted by atomic mass is 16.6. The summed E-state index contributed by atoms with van der Waals surface area (Å²) in [4.78, 5) is 15.0. The molecule has 0 saturated carbocycles. The number of guanidine groups is 1.